The first-order valence-corrected chi connectivity index (χ1v) is 14.3. The van der Waals surface area contributed by atoms with Crippen LogP contribution in [0.15, 0.2) is 84.9 Å². The Morgan fingerprint density at radius 1 is 0.595 bits per heavy atom. The number of benzene rings is 4. The van der Waals surface area contributed by atoms with Crippen molar-refractivity contribution in [3.05, 3.63) is 129 Å². The van der Waals surface area contributed by atoms with Crippen LogP contribution < -0.4 is 0 Å². The fraction of sp³-hybridized carbons (Fsp3) is 0.294. The van der Waals surface area contributed by atoms with E-state index < -0.39 is 0 Å². The molecule has 3 heteroatoms. The highest BCUT2D eigenvalue weighted by Crippen LogP contribution is 2.36. The van der Waals surface area contributed by atoms with E-state index in [0.29, 0.717) is 11.5 Å². The van der Waals surface area contributed by atoms with Crippen LogP contribution in [0.1, 0.15) is 70.2 Å². The van der Waals surface area contributed by atoms with Crippen molar-refractivity contribution in [2.24, 2.45) is 0 Å². The fourth-order valence-electron chi connectivity index (χ4n) is 5.04. The zero-order chi connectivity index (χ0) is 26.4. The zero-order valence-corrected chi connectivity index (χ0v) is 23.2. The smallest absolute Gasteiger partial charge is 0.122 e. The van der Waals surface area contributed by atoms with Crippen molar-refractivity contribution in [1.82, 2.24) is 0 Å². The summed E-state index contributed by atoms with van der Waals surface area (Å²) in [6, 6.07) is 29.4. The van der Waals surface area contributed by atoms with Crippen LogP contribution >= 0.6 is 11.8 Å². The average Bonchev–Trinajstić information content (AvgIpc) is 2.92. The van der Waals surface area contributed by atoms with Gasteiger partial charge in [0.2, 0.25) is 0 Å². The van der Waals surface area contributed by atoms with Crippen molar-refractivity contribution >= 4 is 11.8 Å². The number of phenols is 2. The van der Waals surface area contributed by atoms with E-state index in [1.54, 1.807) is 0 Å². The molecule has 0 saturated carbocycles. The Morgan fingerprint density at radius 3 is 1.35 bits per heavy atom. The molecule has 2 unspecified atom stereocenters. The van der Waals surface area contributed by atoms with Crippen LogP contribution in [0.3, 0.4) is 0 Å². The van der Waals surface area contributed by atoms with Crippen molar-refractivity contribution < 1.29 is 10.2 Å². The van der Waals surface area contributed by atoms with Crippen molar-refractivity contribution in [3.63, 3.8) is 0 Å². The van der Waals surface area contributed by atoms with Gasteiger partial charge >= 0.3 is 0 Å². The fourth-order valence-corrected chi connectivity index (χ4v) is 6.01. The topological polar surface area (TPSA) is 40.5 Å². The van der Waals surface area contributed by atoms with E-state index in [1.807, 2.05) is 37.7 Å². The SMILES string of the molecule is Cc1cc(CCSCCc2cc(C)c(O)c(C(C)c3ccccc3)c2)cc(C(C)c2ccccc2)c1O. The maximum absolute atomic E-state index is 10.7. The van der Waals surface area contributed by atoms with Gasteiger partial charge in [0.15, 0.2) is 0 Å². The van der Waals surface area contributed by atoms with Crippen LogP contribution in [0.25, 0.3) is 0 Å². The molecule has 0 aliphatic carbocycles. The van der Waals surface area contributed by atoms with E-state index >= 15 is 0 Å². The zero-order valence-electron chi connectivity index (χ0n) is 22.4. The lowest BCUT2D eigenvalue weighted by molar-refractivity contribution is 0.461. The summed E-state index contributed by atoms with van der Waals surface area (Å²) in [5, 5.41) is 21.5. The minimum Gasteiger partial charge on any atom is -0.507 e. The summed E-state index contributed by atoms with van der Waals surface area (Å²) < 4.78 is 0. The molecule has 0 heterocycles. The Labute approximate surface area is 226 Å². The highest BCUT2D eigenvalue weighted by atomic mass is 32.2. The Morgan fingerprint density at radius 2 is 0.973 bits per heavy atom. The van der Waals surface area contributed by atoms with Gasteiger partial charge in [0.1, 0.15) is 11.5 Å². The molecule has 4 aromatic carbocycles. The van der Waals surface area contributed by atoms with E-state index in [4.69, 9.17) is 0 Å². The number of hydrogen-bond donors (Lipinski definition) is 2. The van der Waals surface area contributed by atoms with Crippen LogP contribution in [0.5, 0.6) is 11.5 Å². The molecule has 0 fully saturated rings. The van der Waals surface area contributed by atoms with Crippen molar-refractivity contribution in [3.8, 4) is 11.5 Å². The number of aromatic hydroxyl groups is 2. The van der Waals surface area contributed by atoms with E-state index in [9.17, 15) is 10.2 Å². The molecule has 0 radical (unpaired) electrons. The lowest BCUT2D eigenvalue weighted by Gasteiger charge is -2.18. The van der Waals surface area contributed by atoms with Gasteiger partial charge in [-0.25, -0.2) is 0 Å². The Balaban J connectivity index is 1.36. The van der Waals surface area contributed by atoms with Crippen LogP contribution in [0.2, 0.25) is 0 Å². The second-order valence-electron chi connectivity index (χ2n) is 10.1. The summed E-state index contributed by atoms with van der Waals surface area (Å²) in [6.07, 6.45) is 1.95. The molecule has 0 bridgehead atoms. The summed E-state index contributed by atoms with van der Waals surface area (Å²) in [5.41, 5.74) is 8.89. The third kappa shape index (κ3) is 6.59. The van der Waals surface area contributed by atoms with Crippen LogP contribution in [-0.2, 0) is 12.8 Å². The van der Waals surface area contributed by atoms with E-state index in [2.05, 4.69) is 86.6 Å². The highest BCUT2D eigenvalue weighted by molar-refractivity contribution is 7.99. The van der Waals surface area contributed by atoms with Crippen LogP contribution in [0, 0.1) is 13.8 Å². The predicted octanol–water partition coefficient (Wildman–Crippen LogP) is 8.54. The molecule has 0 aliphatic heterocycles. The number of hydrogen-bond acceptors (Lipinski definition) is 3. The molecule has 0 saturated heterocycles. The molecular formula is C34H38O2S. The molecule has 0 amide bonds. The first kappa shape index (κ1) is 26.9. The van der Waals surface area contributed by atoms with Gasteiger partial charge in [-0.05, 0) is 71.6 Å². The van der Waals surface area contributed by atoms with Gasteiger partial charge in [-0.3, -0.25) is 0 Å². The molecule has 0 aromatic heterocycles. The third-order valence-corrected chi connectivity index (χ3v) is 8.37. The Kier molecular flexibility index (Phi) is 9.00. The lowest BCUT2D eigenvalue weighted by atomic mass is 9.89. The number of thioether (sulfide) groups is 1. The molecule has 2 nitrogen and oxygen atoms in total. The van der Waals surface area contributed by atoms with Gasteiger partial charge in [-0.15, -0.1) is 0 Å². The lowest BCUT2D eigenvalue weighted by Crippen LogP contribution is -2.02. The van der Waals surface area contributed by atoms with Crippen LogP contribution in [-0.4, -0.2) is 21.7 Å². The van der Waals surface area contributed by atoms with Gasteiger partial charge < -0.3 is 10.2 Å². The van der Waals surface area contributed by atoms with E-state index in [-0.39, 0.29) is 11.8 Å². The monoisotopic (exact) mass is 510 g/mol. The normalized spacial score (nSPS) is 12.9. The molecule has 4 aromatic rings. The largest absolute Gasteiger partial charge is 0.507 e. The Hall–Kier alpha value is -3.17. The quantitative estimate of drug-likeness (QED) is 0.210. The van der Waals surface area contributed by atoms with Gasteiger partial charge in [0, 0.05) is 23.0 Å². The van der Waals surface area contributed by atoms with Gasteiger partial charge in [0.05, 0.1) is 0 Å². The minimum absolute atomic E-state index is 0.151. The standard InChI is InChI=1S/C34H38O2S/c1-23-19-27(21-31(33(23)35)25(3)29-11-7-5-8-12-29)15-17-37-18-16-28-20-24(2)34(36)32(22-28)26(4)30-13-9-6-10-14-30/h5-14,19-22,25-26,35-36H,15-18H2,1-4H3. The summed E-state index contributed by atoms with van der Waals surface area (Å²) in [5.74, 6) is 3.20. The van der Waals surface area contributed by atoms with E-state index in [1.165, 1.54) is 22.3 Å². The van der Waals surface area contributed by atoms with Gasteiger partial charge in [-0.2, -0.15) is 11.8 Å². The number of rotatable bonds is 10. The Bertz CT molecular complexity index is 1210. The summed E-state index contributed by atoms with van der Waals surface area (Å²) in [4.78, 5) is 0. The van der Waals surface area contributed by atoms with Crippen molar-refractivity contribution in [2.75, 3.05) is 11.5 Å². The predicted molar refractivity (Wildman–Crippen MR) is 158 cm³/mol. The number of phenolic OH excluding ortho intramolecular Hbond substituents is 2. The molecule has 37 heavy (non-hydrogen) atoms. The minimum atomic E-state index is 0.151. The molecule has 0 aliphatic rings. The average molecular weight is 511 g/mol. The van der Waals surface area contributed by atoms with E-state index in [0.717, 1.165) is 46.6 Å². The molecule has 192 valence electrons. The molecule has 2 atom stereocenters. The first-order valence-electron chi connectivity index (χ1n) is 13.2. The van der Waals surface area contributed by atoms with Crippen molar-refractivity contribution in [1.29, 1.82) is 0 Å². The maximum atomic E-state index is 10.7. The van der Waals surface area contributed by atoms with Crippen LogP contribution in [0.4, 0.5) is 0 Å². The third-order valence-electron chi connectivity index (χ3n) is 7.38. The van der Waals surface area contributed by atoms with Crippen molar-refractivity contribution in [2.45, 2.75) is 52.4 Å². The molecule has 2 N–H and O–H groups in total. The maximum Gasteiger partial charge on any atom is 0.122 e. The summed E-state index contributed by atoms with van der Waals surface area (Å²) in [6.45, 7) is 8.31. The highest BCUT2D eigenvalue weighted by Gasteiger charge is 2.17. The van der Waals surface area contributed by atoms with Gasteiger partial charge in [0.25, 0.3) is 0 Å². The summed E-state index contributed by atoms with van der Waals surface area (Å²) in [7, 11) is 0. The second-order valence-corrected chi connectivity index (χ2v) is 11.3. The number of aryl methyl sites for hydroxylation is 4. The molecule has 0 spiro atoms. The summed E-state index contributed by atoms with van der Waals surface area (Å²) >= 11 is 1.96. The second kappa shape index (κ2) is 12.4. The first-order chi connectivity index (χ1) is 17.8. The molecular weight excluding hydrogens is 472 g/mol. The van der Waals surface area contributed by atoms with Gasteiger partial charge in [-0.1, -0.05) is 98.8 Å². The molecule has 4 rings (SSSR count).